The summed E-state index contributed by atoms with van der Waals surface area (Å²) in [7, 11) is 0. The van der Waals surface area contributed by atoms with Gasteiger partial charge in [0, 0.05) is 6.20 Å². The molecule has 0 fully saturated rings. The van der Waals surface area contributed by atoms with Gasteiger partial charge in [0.05, 0.1) is 6.42 Å². The average molecular weight is 246 g/mol. The van der Waals surface area contributed by atoms with Crippen molar-refractivity contribution >= 4 is 11.6 Å². The predicted octanol–water partition coefficient (Wildman–Crippen LogP) is 1.70. The molecule has 0 saturated heterocycles. The highest BCUT2D eigenvalue weighted by Gasteiger charge is 2.06. The van der Waals surface area contributed by atoms with Crippen molar-refractivity contribution < 1.29 is 9.18 Å². The maximum absolute atomic E-state index is 12.7. The van der Waals surface area contributed by atoms with Gasteiger partial charge in [-0.2, -0.15) is 0 Å². The van der Waals surface area contributed by atoms with Gasteiger partial charge in [-0.1, -0.05) is 12.1 Å². The van der Waals surface area contributed by atoms with Crippen molar-refractivity contribution in [1.29, 1.82) is 0 Å². The van der Waals surface area contributed by atoms with Crippen molar-refractivity contribution in [3.63, 3.8) is 0 Å². The van der Waals surface area contributed by atoms with Crippen LogP contribution in [0.5, 0.6) is 0 Å². The van der Waals surface area contributed by atoms with Gasteiger partial charge in [0.1, 0.15) is 11.5 Å². The normalized spacial score (nSPS) is 10.1. The fourth-order valence-corrected chi connectivity index (χ4v) is 1.50. The van der Waals surface area contributed by atoms with E-state index in [2.05, 4.69) is 10.3 Å². The van der Waals surface area contributed by atoms with E-state index in [9.17, 15) is 14.0 Å². The molecule has 4 nitrogen and oxygen atoms in total. The first-order chi connectivity index (χ1) is 8.65. The third-order valence-corrected chi connectivity index (χ3v) is 2.37. The molecule has 18 heavy (non-hydrogen) atoms. The number of anilines is 1. The Morgan fingerprint density at radius 3 is 2.61 bits per heavy atom. The van der Waals surface area contributed by atoms with Crippen molar-refractivity contribution in [1.82, 2.24) is 4.98 Å². The number of rotatable bonds is 3. The summed E-state index contributed by atoms with van der Waals surface area (Å²) >= 11 is 0. The first-order valence-corrected chi connectivity index (χ1v) is 5.37. The minimum absolute atomic E-state index is 0.0919. The molecule has 0 radical (unpaired) electrons. The lowest BCUT2D eigenvalue weighted by atomic mass is 10.1. The Morgan fingerprint density at radius 2 is 1.94 bits per heavy atom. The van der Waals surface area contributed by atoms with E-state index in [1.54, 1.807) is 6.07 Å². The van der Waals surface area contributed by atoms with Crippen molar-refractivity contribution in [3.8, 4) is 0 Å². The molecule has 0 aliphatic rings. The molecule has 0 atom stereocenters. The summed E-state index contributed by atoms with van der Waals surface area (Å²) in [4.78, 5) is 25.4. The summed E-state index contributed by atoms with van der Waals surface area (Å²) in [5, 5.41) is 2.50. The number of benzene rings is 1. The van der Waals surface area contributed by atoms with Crippen molar-refractivity contribution in [3.05, 3.63) is 64.3 Å². The average Bonchev–Trinajstić information content (AvgIpc) is 2.35. The van der Waals surface area contributed by atoms with Gasteiger partial charge in [-0.05, 0) is 29.8 Å². The molecule has 1 heterocycles. The Labute approximate surface area is 102 Å². The molecule has 5 heteroatoms. The number of carbonyl (C=O) groups is 1. The number of pyridine rings is 1. The lowest BCUT2D eigenvalue weighted by Gasteiger charge is -2.04. The molecule has 1 amide bonds. The van der Waals surface area contributed by atoms with Gasteiger partial charge in [-0.3, -0.25) is 9.59 Å². The summed E-state index contributed by atoms with van der Waals surface area (Å²) < 4.78 is 12.7. The van der Waals surface area contributed by atoms with Crippen LogP contribution in [0, 0.1) is 5.82 Å². The van der Waals surface area contributed by atoms with Crippen LogP contribution < -0.4 is 10.9 Å². The van der Waals surface area contributed by atoms with E-state index in [1.807, 2.05) is 0 Å². The summed E-state index contributed by atoms with van der Waals surface area (Å²) in [6.07, 6.45) is 1.58. The zero-order valence-electron chi connectivity index (χ0n) is 9.44. The zero-order chi connectivity index (χ0) is 13.0. The number of aromatic nitrogens is 1. The van der Waals surface area contributed by atoms with Crippen LogP contribution in [-0.2, 0) is 11.2 Å². The van der Waals surface area contributed by atoms with Gasteiger partial charge in [0.25, 0.3) is 5.56 Å². The van der Waals surface area contributed by atoms with Crippen molar-refractivity contribution in [2.45, 2.75) is 6.42 Å². The van der Waals surface area contributed by atoms with E-state index >= 15 is 0 Å². The number of amides is 1. The van der Waals surface area contributed by atoms with Crippen LogP contribution in [0.1, 0.15) is 5.56 Å². The number of aromatic amines is 1. The number of hydrogen-bond donors (Lipinski definition) is 2. The SMILES string of the molecule is O=C(Cc1ccc(F)cc1)Nc1ccc[nH]c1=O. The zero-order valence-corrected chi connectivity index (χ0v) is 9.44. The van der Waals surface area contributed by atoms with Gasteiger partial charge in [0.15, 0.2) is 0 Å². The molecule has 2 rings (SSSR count). The van der Waals surface area contributed by atoms with E-state index in [0.717, 1.165) is 0 Å². The van der Waals surface area contributed by atoms with E-state index in [-0.39, 0.29) is 29.4 Å². The van der Waals surface area contributed by atoms with Crippen LogP contribution in [0.4, 0.5) is 10.1 Å². The van der Waals surface area contributed by atoms with E-state index in [0.29, 0.717) is 5.56 Å². The molecule has 0 aliphatic carbocycles. The van der Waals surface area contributed by atoms with Crippen molar-refractivity contribution in [2.24, 2.45) is 0 Å². The van der Waals surface area contributed by atoms with Crippen LogP contribution in [0.2, 0.25) is 0 Å². The molecule has 1 aromatic carbocycles. The van der Waals surface area contributed by atoms with Gasteiger partial charge in [-0.25, -0.2) is 4.39 Å². The Hall–Kier alpha value is -2.43. The molecule has 0 spiro atoms. The Bertz CT molecular complexity index is 605. The predicted molar refractivity (Wildman–Crippen MR) is 65.8 cm³/mol. The number of H-pyrrole nitrogens is 1. The standard InChI is InChI=1S/C13H11FN2O2/c14-10-5-3-9(4-6-10)8-12(17)16-11-2-1-7-15-13(11)18/h1-7H,8H2,(H,15,18)(H,16,17). The molecular weight excluding hydrogens is 235 g/mol. The van der Waals surface area contributed by atoms with Crippen LogP contribution in [0.15, 0.2) is 47.4 Å². The van der Waals surface area contributed by atoms with Crippen LogP contribution in [0.3, 0.4) is 0 Å². The summed E-state index contributed by atoms with van der Waals surface area (Å²) in [5.41, 5.74) is 0.524. The minimum Gasteiger partial charge on any atom is -0.327 e. The molecule has 1 aromatic heterocycles. The largest absolute Gasteiger partial charge is 0.327 e. The molecule has 92 valence electrons. The summed E-state index contributed by atoms with van der Waals surface area (Å²) in [5.74, 6) is -0.669. The minimum atomic E-state index is -0.357. The lowest BCUT2D eigenvalue weighted by molar-refractivity contribution is -0.115. The van der Waals surface area contributed by atoms with E-state index < -0.39 is 0 Å². The lowest BCUT2D eigenvalue weighted by Crippen LogP contribution is -2.20. The molecule has 2 aromatic rings. The van der Waals surface area contributed by atoms with E-state index in [4.69, 9.17) is 0 Å². The van der Waals surface area contributed by atoms with Crippen molar-refractivity contribution in [2.75, 3.05) is 5.32 Å². The fraction of sp³-hybridized carbons (Fsp3) is 0.0769. The molecule has 2 N–H and O–H groups in total. The molecular formula is C13H11FN2O2. The molecule has 0 aliphatic heterocycles. The van der Waals surface area contributed by atoms with Crippen LogP contribution >= 0.6 is 0 Å². The van der Waals surface area contributed by atoms with Crippen LogP contribution in [0.25, 0.3) is 0 Å². The third-order valence-electron chi connectivity index (χ3n) is 2.37. The smallest absolute Gasteiger partial charge is 0.271 e. The third kappa shape index (κ3) is 3.04. The Kier molecular flexibility index (Phi) is 3.52. The number of nitrogens with one attached hydrogen (secondary N) is 2. The number of halogens is 1. The molecule has 0 unspecified atom stereocenters. The quantitative estimate of drug-likeness (QED) is 0.865. The fourth-order valence-electron chi connectivity index (χ4n) is 1.50. The first-order valence-electron chi connectivity index (χ1n) is 5.37. The Morgan fingerprint density at radius 1 is 1.22 bits per heavy atom. The van der Waals surface area contributed by atoms with Gasteiger partial charge >= 0.3 is 0 Å². The Balaban J connectivity index is 2.03. The summed E-state index contributed by atoms with van der Waals surface area (Å²) in [6.45, 7) is 0. The maximum Gasteiger partial charge on any atom is 0.271 e. The summed E-state index contributed by atoms with van der Waals surface area (Å²) in [6, 6.07) is 8.78. The second-order valence-corrected chi connectivity index (χ2v) is 3.76. The monoisotopic (exact) mass is 246 g/mol. The maximum atomic E-state index is 12.7. The number of hydrogen-bond acceptors (Lipinski definition) is 2. The van der Waals surface area contributed by atoms with Gasteiger partial charge in [0.2, 0.25) is 5.91 Å². The number of carbonyl (C=O) groups excluding carboxylic acids is 1. The topological polar surface area (TPSA) is 62.0 Å². The van der Waals surface area contributed by atoms with E-state index in [1.165, 1.54) is 36.5 Å². The van der Waals surface area contributed by atoms with Gasteiger partial charge in [-0.15, -0.1) is 0 Å². The molecule has 0 saturated carbocycles. The second-order valence-electron chi connectivity index (χ2n) is 3.76. The highest BCUT2D eigenvalue weighted by molar-refractivity contribution is 5.91. The van der Waals surface area contributed by atoms with Crippen LogP contribution in [-0.4, -0.2) is 10.9 Å². The highest BCUT2D eigenvalue weighted by Crippen LogP contribution is 2.05. The second kappa shape index (κ2) is 5.27. The van der Waals surface area contributed by atoms with Gasteiger partial charge < -0.3 is 10.3 Å². The molecule has 0 bridgehead atoms. The first kappa shape index (κ1) is 12.0. The highest BCUT2D eigenvalue weighted by atomic mass is 19.1.